The molecule has 1 aliphatic heterocycles. The molecule has 6 nitrogen and oxygen atoms in total. The Bertz CT molecular complexity index is 592. The fourth-order valence-electron chi connectivity index (χ4n) is 2.40. The Labute approximate surface area is 129 Å². The molecule has 1 aromatic rings. The van der Waals surface area contributed by atoms with Crippen molar-refractivity contribution in [2.45, 2.75) is 36.7 Å². The summed E-state index contributed by atoms with van der Waals surface area (Å²) in [6, 6.07) is 1.52. The summed E-state index contributed by atoms with van der Waals surface area (Å²) >= 11 is 1.29. The number of hydrogen-bond acceptors (Lipinski definition) is 6. The van der Waals surface area contributed by atoms with Gasteiger partial charge in [0.15, 0.2) is 15.0 Å². The van der Waals surface area contributed by atoms with Gasteiger partial charge < -0.3 is 4.90 Å². The second-order valence-corrected chi connectivity index (χ2v) is 8.51. The maximum atomic E-state index is 12.5. The second kappa shape index (κ2) is 6.74. The molecule has 0 unspecified atom stereocenters. The standard InChI is InChI=1S/C13H19N3O3S2/c1-3-16(11-5-8-21(18,19)9-11)12(17)10(2)20-13-14-6-4-7-15-13/h4,6-7,10-11H,3,5,8-9H2,1-2H3/t10-,11-/m1/s1. The molecule has 2 rings (SSSR count). The van der Waals surface area contributed by atoms with E-state index in [1.807, 2.05) is 6.92 Å². The van der Waals surface area contributed by atoms with Crippen molar-refractivity contribution in [2.75, 3.05) is 18.1 Å². The Balaban J connectivity index is 2.03. The smallest absolute Gasteiger partial charge is 0.236 e. The average Bonchev–Trinajstić information content (AvgIpc) is 2.80. The molecule has 1 fully saturated rings. The molecule has 21 heavy (non-hydrogen) atoms. The lowest BCUT2D eigenvalue weighted by atomic mass is 10.2. The maximum Gasteiger partial charge on any atom is 0.236 e. The minimum Gasteiger partial charge on any atom is -0.338 e. The van der Waals surface area contributed by atoms with Crippen LogP contribution in [0.2, 0.25) is 0 Å². The van der Waals surface area contributed by atoms with E-state index in [-0.39, 0.29) is 28.7 Å². The highest BCUT2D eigenvalue weighted by Gasteiger charge is 2.35. The number of carbonyl (C=O) groups is 1. The third-order valence-corrected chi connectivity index (χ3v) is 6.17. The largest absolute Gasteiger partial charge is 0.338 e. The van der Waals surface area contributed by atoms with Crippen molar-refractivity contribution < 1.29 is 13.2 Å². The summed E-state index contributed by atoms with van der Waals surface area (Å²) in [7, 11) is -2.99. The normalized spacial score (nSPS) is 21.9. The number of aromatic nitrogens is 2. The molecule has 1 saturated heterocycles. The zero-order chi connectivity index (χ0) is 15.5. The van der Waals surface area contributed by atoms with Gasteiger partial charge in [0.25, 0.3) is 0 Å². The summed E-state index contributed by atoms with van der Waals surface area (Å²) in [6.07, 6.45) is 3.79. The topological polar surface area (TPSA) is 80.2 Å². The quantitative estimate of drug-likeness (QED) is 0.592. The average molecular weight is 329 g/mol. The number of thioether (sulfide) groups is 1. The van der Waals surface area contributed by atoms with Crippen molar-refractivity contribution >= 4 is 27.5 Å². The highest BCUT2D eigenvalue weighted by atomic mass is 32.2. The van der Waals surface area contributed by atoms with Gasteiger partial charge in [-0.1, -0.05) is 11.8 Å². The van der Waals surface area contributed by atoms with Crippen LogP contribution in [0.15, 0.2) is 23.6 Å². The Morgan fingerprint density at radius 2 is 2.14 bits per heavy atom. The van der Waals surface area contributed by atoms with Gasteiger partial charge in [0, 0.05) is 25.0 Å². The van der Waals surface area contributed by atoms with Crippen molar-refractivity contribution in [1.82, 2.24) is 14.9 Å². The summed E-state index contributed by atoms with van der Waals surface area (Å²) in [5.41, 5.74) is 0. The highest BCUT2D eigenvalue weighted by molar-refractivity contribution is 8.00. The second-order valence-electron chi connectivity index (χ2n) is 4.97. The molecule has 0 spiro atoms. The van der Waals surface area contributed by atoms with Gasteiger partial charge in [-0.3, -0.25) is 4.79 Å². The molecule has 1 aliphatic rings. The van der Waals surface area contributed by atoms with Gasteiger partial charge in [-0.2, -0.15) is 0 Å². The number of hydrogen-bond donors (Lipinski definition) is 0. The maximum absolute atomic E-state index is 12.5. The minimum atomic E-state index is -2.99. The van der Waals surface area contributed by atoms with Gasteiger partial charge in [0.1, 0.15) is 0 Å². The fourth-order valence-corrected chi connectivity index (χ4v) is 4.93. The van der Waals surface area contributed by atoms with E-state index in [9.17, 15) is 13.2 Å². The van der Waals surface area contributed by atoms with Crippen LogP contribution in [0.25, 0.3) is 0 Å². The van der Waals surface area contributed by atoms with Crippen LogP contribution in [0, 0.1) is 0 Å². The van der Waals surface area contributed by atoms with E-state index in [4.69, 9.17) is 0 Å². The van der Waals surface area contributed by atoms with Gasteiger partial charge in [0.05, 0.1) is 16.8 Å². The Kier molecular flexibility index (Phi) is 5.21. The van der Waals surface area contributed by atoms with E-state index in [0.29, 0.717) is 18.1 Å². The molecule has 0 bridgehead atoms. The number of amides is 1. The highest BCUT2D eigenvalue weighted by Crippen LogP contribution is 2.24. The van der Waals surface area contributed by atoms with E-state index in [1.165, 1.54) is 11.8 Å². The van der Waals surface area contributed by atoms with Gasteiger partial charge in [-0.15, -0.1) is 0 Å². The van der Waals surface area contributed by atoms with E-state index in [1.54, 1.807) is 30.3 Å². The van der Waals surface area contributed by atoms with Crippen LogP contribution >= 0.6 is 11.8 Å². The first-order chi connectivity index (χ1) is 9.93. The SMILES string of the molecule is CCN(C(=O)[C@@H](C)Sc1ncccn1)[C@@H]1CCS(=O)(=O)C1. The summed E-state index contributed by atoms with van der Waals surface area (Å²) in [6.45, 7) is 4.19. The molecule has 1 aromatic heterocycles. The molecule has 0 aromatic carbocycles. The van der Waals surface area contributed by atoms with Gasteiger partial charge in [-0.05, 0) is 26.3 Å². The molecule has 0 saturated carbocycles. The zero-order valence-electron chi connectivity index (χ0n) is 12.1. The fraction of sp³-hybridized carbons (Fsp3) is 0.615. The van der Waals surface area contributed by atoms with Crippen LogP contribution in [0.3, 0.4) is 0 Å². The first kappa shape index (κ1) is 16.2. The van der Waals surface area contributed by atoms with Crippen LogP contribution < -0.4 is 0 Å². The third kappa shape index (κ3) is 4.16. The Hall–Kier alpha value is -1.15. The molecule has 2 heterocycles. The minimum absolute atomic E-state index is 0.0583. The molecular weight excluding hydrogens is 310 g/mol. The van der Waals surface area contributed by atoms with Gasteiger partial charge >= 0.3 is 0 Å². The van der Waals surface area contributed by atoms with E-state index >= 15 is 0 Å². The Morgan fingerprint density at radius 1 is 1.48 bits per heavy atom. The first-order valence-electron chi connectivity index (χ1n) is 6.87. The molecule has 116 valence electrons. The molecule has 0 aliphatic carbocycles. The van der Waals surface area contributed by atoms with Crippen molar-refractivity contribution in [3.05, 3.63) is 18.5 Å². The predicted octanol–water partition coefficient (Wildman–Crippen LogP) is 0.993. The number of sulfone groups is 1. The zero-order valence-corrected chi connectivity index (χ0v) is 13.7. The molecule has 0 radical (unpaired) electrons. The lowest BCUT2D eigenvalue weighted by molar-refractivity contribution is -0.131. The van der Waals surface area contributed by atoms with Crippen molar-refractivity contribution in [1.29, 1.82) is 0 Å². The first-order valence-corrected chi connectivity index (χ1v) is 9.57. The molecule has 1 amide bonds. The summed E-state index contributed by atoms with van der Waals surface area (Å²) < 4.78 is 23.2. The molecule has 8 heteroatoms. The van der Waals surface area contributed by atoms with Crippen LogP contribution in [0.1, 0.15) is 20.3 Å². The summed E-state index contributed by atoms with van der Waals surface area (Å²) in [5, 5.41) is 0.212. The van der Waals surface area contributed by atoms with Crippen molar-refractivity contribution in [3.63, 3.8) is 0 Å². The molecular formula is C13H19N3O3S2. The summed E-state index contributed by atoms with van der Waals surface area (Å²) in [5.74, 6) is 0.188. The monoisotopic (exact) mass is 329 g/mol. The van der Waals surface area contributed by atoms with Crippen LogP contribution in [0.4, 0.5) is 0 Å². The van der Waals surface area contributed by atoms with Crippen molar-refractivity contribution in [3.8, 4) is 0 Å². The van der Waals surface area contributed by atoms with E-state index in [2.05, 4.69) is 9.97 Å². The van der Waals surface area contributed by atoms with E-state index in [0.717, 1.165) is 0 Å². The number of carbonyl (C=O) groups excluding carboxylic acids is 1. The number of rotatable bonds is 5. The molecule has 2 atom stereocenters. The molecule has 0 N–H and O–H groups in total. The number of nitrogens with zero attached hydrogens (tertiary/aromatic N) is 3. The van der Waals surface area contributed by atoms with Gasteiger partial charge in [0.2, 0.25) is 5.91 Å². The van der Waals surface area contributed by atoms with Crippen LogP contribution in [-0.4, -0.2) is 58.5 Å². The summed E-state index contributed by atoms with van der Waals surface area (Å²) in [4.78, 5) is 22.4. The van der Waals surface area contributed by atoms with E-state index < -0.39 is 9.84 Å². The predicted molar refractivity (Wildman–Crippen MR) is 81.8 cm³/mol. The van der Waals surface area contributed by atoms with Crippen LogP contribution in [-0.2, 0) is 14.6 Å². The van der Waals surface area contributed by atoms with Crippen molar-refractivity contribution in [2.24, 2.45) is 0 Å². The Morgan fingerprint density at radius 3 is 2.67 bits per heavy atom. The lowest BCUT2D eigenvalue weighted by Gasteiger charge is -2.29. The van der Waals surface area contributed by atoms with Crippen LogP contribution in [0.5, 0.6) is 0 Å². The van der Waals surface area contributed by atoms with Gasteiger partial charge in [-0.25, -0.2) is 18.4 Å². The lowest BCUT2D eigenvalue weighted by Crippen LogP contribution is -2.44. The third-order valence-electron chi connectivity index (χ3n) is 3.44.